The van der Waals surface area contributed by atoms with Gasteiger partial charge in [-0.25, -0.2) is 0 Å². The molecule has 0 bridgehead atoms. The molecule has 1 aliphatic heterocycles. The average molecular weight is 417 g/mol. The van der Waals surface area contributed by atoms with Crippen molar-refractivity contribution in [2.24, 2.45) is 5.92 Å². The number of aromatic hydroxyl groups is 1. The van der Waals surface area contributed by atoms with Crippen molar-refractivity contribution in [3.8, 4) is 11.5 Å². The van der Waals surface area contributed by atoms with Crippen LogP contribution < -0.4 is 4.74 Å². The molecule has 0 saturated heterocycles. The Kier molecular flexibility index (Phi) is 8.40. The maximum absolute atomic E-state index is 10.8. The van der Waals surface area contributed by atoms with Crippen molar-refractivity contribution in [3.05, 3.63) is 33.9 Å². The molecule has 168 valence electrons. The first-order valence-electron chi connectivity index (χ1n) is 11.4. The number of carboxylic acid groups (broad SMARTS) is 1. The van der Waals surface area contributed by atoms with E-state index in [0.717, 1.165) is 80.2 Å². The minimum absolute atomic E-state index is 0.152. The summed E-state index contributed by atoms with van der Waals surface area (Å²) < 4.78 is 6.52. The van der Waals surface area contributed by atoms with E-state index in [-0.39, 0.29) is 11.5 Å². The summed E-state index contributed by atoms with van der Waals surface area (Å²) in [7, 11) is 0. The van der Waals surface area contributed by atoms with Gasteiger partial charge in [-0.1, -0.05) is 25.0 Å². The van der Waals surface area contributed by atoms with Crippen molar-refractivity contribution in [1.82, 2.24) is 0 Å². The Morgan fingerprint density at radius 1 is 1.17 bits per heavy atom. The van der Waals surface area contributed by atoms with Crippen molar-refractivity contribution in [1.29, 1.82) is 0 Å². The van der Waals surface area contributed by atoms with E-state index in [1.165, 1.54) is 11.1 Å². The Hall–Kier alpha value is -1.97. The van der Waals surface area contributed by atoms with Gasteiger partial charge in [-0.3, -0.25) is 4.79 Å². The molecule has 1 aliphatic rings. The van der Waals surface area contributed by atoms with Crippen LogP contribution >= 0.6 is 0 Å². The molecule has 0 fully saturated rings. The molecule has 1 heterocycles. The zero-order valence-corrected chi connectivity index (χ0v) is 19.7. The fraction of sp³-hybridized carbons (Fsp3) is 0.654. The van der Waals surface area contributed by atoms with Crippen LogP contribution in [0.5, 0.6) is 11.5 Å². The molecule has 0 aliphatic carbocycles. The molecule has 0 spiro atoms. The lowest BCUT2D eigenvalue weighted by Crippen LogP contribution is -2.37. The van der Waals surface area contributed by atoms with Crippen LogP contribution in [0, 0.1) is 26.7 Å². The molecule has 0 saturated carbocycles. The standard InChI is InChI=1S/C26H40O4/c1-17(11-8-7-9-13-18(2)25(28)29)12-10-15-26(6)16-14-22-21(5)23(27)19(3)20(4)24(22)30-26/h11,18,27H,7-10,12-16H2,1-6H3,(H,28,29)/b17-11+. The molecule has 2 unspecified atom stereocenters. The number of allylic oxidation sites excluding steroid dienone is 2. The van der Waals surface area contributed by atoms with E-state index in [0.29, 0.717) is 5.75 Å². The van der Waals surface area contributed by atoms with Crippen LogP contribution in [0.4, 0.5) is 0 Å². The highest BCUT2D eigenvalue weighted by Gasteiger charge is 2.34. The Balaban J connectivity index is 1.82. The third kappa shape index (κ3) is 6.02. The van der Waals surface area contributed by atoms with Gasteiger partial charge in [-0.2, -0.15) is 0 Å². The highest BCUT2D eigenvalue weighted by molar-refractivity contribution is 5.69. The number of fused-ring (bicyclic) bond motifs is 1. The van der Waals surface area contributed by atoms with Gasteiger partial charge in [0.25, 0.3) is 0 Å². The summed E-state index contributed by atoms with van der Waals surface area (Å²) in [6.07, 6.45) is 11.2. The van der Waals surface area contributed by atoms with Crippen LogP contribution in [0.15, 0.2) is 11.6 Å². The first-order valence-corrected chi connectivity index (χ1v) is 11.4. The number of hydrogen-bond donors (Lipinski definition) is 2. The molecule has 0 radical (unpaired) electrons. The van der Waals surface area contributed by atoms with Gasteiger partial charge in [-0.05, 0) is 103 Å². The lowest BCUT2D eigenvalue weighted by atomic mass is 9.84. The highest BCUT2D eigenvalue weighted by Crippen LogP contribution is 2.44. The van der Waals surface area contributed by atoms with Gasteiger partial charge in [0.2, 0.25) is 0 Å². The third-order valence-corrected chi connectivity index (χ3v) is 6.87. The second-order valence-electron chi connectivity index (χ2n) is 9.51. The lowest BCUT2D eigenvalue weighted by Gasteiger charge is -2.38. The molecule has 1 aromatic rings. The molecule has 4 heteroatoms. The largest absolute Gasteiger partial charge is 0.507 e. The van der Waals surface area contributed by atoms with Crippen molar-refractivity contribution >= 4 is 5.97 Å². The molecule has 2 rings (SSSR count). The zero-order valence-electron chi connectivity index (χ0n) is 19.7. The maximum Gasteiger partial charge on any atom is 0.306 e. The zero-order chi connectivity index (χ0) is 22.5. The van der Waals surface area contributed by atoms with E-state index in [1.54, 1.807) is 6.92 Å². The molecule has 2 atom stereocenters. The topological polar surface area (TPSA) is 66.8 Å². The first kappa shape index (κ1) is 24.3. The smallest absolute Gasteiger partial charge is 0.306 e. The quantitative estimate of drug-likeness (QED) is 0.325. The number of rotatable bonds is 10. The summed E-state index contributed by atoms with van der Waals surface area (Å²) in [6.45, 7) is 12.2. The Labute approximate surface area is 182 Å². The Morgan fingerprint density at radius 3 is 2.53 bits per heavy atom. The van der Waals surface area contributed by atoms with Crippen LogP contribution in [-0.4, -0.2) is 21.8 Å². The molecule has 0 aromatic heterocycles. The van der Waals surface area contributed by atoms with Crippen molar-refractivity contribution in [2.45, 2.75) is 105 Å². The molecular formula is C26H40O4. The Bertz CT molecular complexity index is 793. The fourth-order valence-corrected chi connectivity index (χ4v) is 4.38. The Morgan fingerprint density at radius 2 is 1.87 bits per heavy atom. The molecular weight excluding hydrogens is 376 g/mol. The number of hydrogen-bond acceptors (Lipinski definition) is 3. The number of carbonyl (C=O) groups is 1. The number of ether oxygens (including phenoxy) is 1. The van der Waals surface area contributed by atoms with Gasteiger partial charge in [0, 0.05) is 5.56 Å². The maximum atomic E-state index is 10.8. The predicted octanol–water partition coefficient (Wildman–Crippen LogP) is 6.80. The van der Waals surface area contributed by atoms with E-state index in [1.807, 2.05) is 20.8 Å². The summed E-state index contributed by atoms with van der Waals surface area (Å²) in [4.78, 5) is 10.8. The first-order chi connectivity index (χ1) is 14.1. The molecule has 2 N–H and O–H groups in total. The second kappa shape index (κ2) is 10.4. The summed E-state index contributed by atoms with van der Waals surface area (Å²) in [6, 6.07) is 0. The summed E-state index contributed by atoms with van der Waals surface area (Å²) in [5.41, 5.74) is 5.38. The van der Waals surface area contributed by atoms with Gasteiger partial charge in [0.15, 0.2) is 0 Å². The van der Waals surface area contributed by atoms with E-state index >= 15 is 0 Å². The average Bonchev–Trinajstić information content (AvgIpc) is 2.70. The molecule has 1 aromatic carbocycles. The number of phenolic OH excluding ortho intramolecular Hbond substituents is 1. The van der Waals surface area contributed by atoms with Crippen molar-refractivity contribution in [3.63, 3.8) is 0 Å². The monoisotopic (exact) mass is 416 g/mol. The van der Waals surface area contributed by atoms with Gasteiger partial charge in [-0.15, -0.1) is 0 Å². The van der Waals surface area contributed by atoms with Crippen LogP contribution in [-0.2, 0) is 11.2 Å². The number of phenols is 1. The number of unbranched alkanes of at least 4 members (excludes halogenated alkanes) is 2. The summed E-state index contributed by atoms with van der Waals surface area (Å²) >= 11 is 0. The second-order valence-corrected chi connectivity index (χ2v) is 9.51. The van der Waals surface area contributed by atoms with Crippen LogP contribution in [0.2, 0.25) is 0 Å². The van der Waals surface area contributed by atoms with E-state index in [2.05, 4.69) is 19.9 Å². The third-order valence-electron chi connectivity index (χ3n) is 6.87. The van der Waals surface area contributed by atoms with E-state index in [9.17, 15) is 9.90 Å². The van der Waals surface area contributed by atoms with Crippen LogP contribution in [0.25, 0.3) is 0 Å². The molecule has 4 nitrogen and oxygen atoms in total. The van der Waals surface area contributed by atoms with E-state index in [4.69, 9.17) is 9.84 Å². The predicted molar refractivity (Wildman–Crippen MR) is 123 cm³/mol. The van der Waals surface area contributed by atoms with Gasteiger partial charge in [0.05, 0.1) is 5.92 Å². The van der Waals surface area contributed by atoms with Crippen molar-refractivity contribution < 1.29 is 19.7 Å². The molecule has 0 amide bonds. The molecule has 30 heavy (non-hydrogen) atoms. The fourth-order valence-electron chi connectivity index (χ4n) is 4.38. The van der Waals surface area contributed by atoms with Crippen LogP contribution in [0.3, 0.4) is 0 Å². The minimum atomic E-state index is -0.694. The van der Waals surface area contributed by atoms with Crippen LogP contribution in [0.1, 0.15) is 94.4 Å². The van der Waals surface area contributed by atoms with Gasteiger partial charge < -0.3 is 14.9 Å². The van der Waals surface area contributed by atoms with Crippen molar-refractivity contribution in [2.75, 3.05) is 0 Å². The SMILES string of the molecule is C/C(=C\CCCCC(C)C(=O)O)CCCC1(C)CCc2c(C)c(O)c(C)c(C)c2O1. The normalized spacial score (nSPS) is 19.9. The highest BCUT2D eigenvalue weighted by atomic mass is 16.5. The van der Waals surface area contributed by atoms with Gasteiger partial charge in [0.1, 0.15) is 17.1 Å². The minimum Gasteiger partial charge on any atom is -0.507 e. The summed E-state index contributed by atoms with van der Waals surface area (Å²) in [5.74, 6) is 0.466. The summed E-state index contributed by atoms with van der Waals surface area (Å²) in [5, 5.41) is 19.3. The number of aliphatic carboxylic acids is 1. The van der Waals surface area contributed by atoms with E-state index < -0.39 is 5.97 Å². The number of benzene rings is 1. The lowest BCUT2D eigenvalue weighted by molar-refractivity contribution is -0.141. The number of carboxylic acids is 1. The van der Waals surface area contributed by atoms with Gasteiger partial charge >= 0.3 is 5.97 Å².